The van der Waals surface area contributed by atoms with E-state index in [1.165, 1.54) is 6.92 Å². The fourth-order valence-corrected chi connectivity index (χ4v) is 2.06. The van der Waals surface area contributed by atoms with Crippen LogP contribution in [0.25, 0.3) is 0 Å². The quantitative estimate of drug-likeness (QED) is 0.571. The zero-order valence-electron chi connectivity index (χ0n) is 12.6. The standard InChI is InChI=1S/C15H16ClN5O/c1-9-7-10(2)18-14(17-9)21-15(19-11(3)22)20-13-6-4-5-12(16)8-13/h4-8H,1-3H3,(H2,17,18,19,20,21,22)/p+1. The van der Waals surface area contributed by atoms with E-state index in [-0.39, 0.29) is 5.91 Å². The number of carbonyl (C=O) groups is 1. The van der Waals surface area contributed by atoms with Crippen LogP contribution in [0.3, 0.4) is 0 Å². The molecule has 0 spiro atoms. The number of guanidine groups is 1. The van der Waals surface area contributed by atoms with Crippen molar-refractivity contribution in [2.75, 3.05) is 5.32 Å². The van der Waals surface area contributed by atoms with Crippen LogP contribution in [0.4, 0.5) is 11.6 Å². The maximum atomic E-state index is 11.4. The van der Waals surface area contributed by atoms with E-state index in [1.54, 1.807) is 12.1 Å². The summed E-state index contributed by atoms with van der Waals surface area (Å²) in [4.78, 5) is 22.9. The number of hydrogen-bond donors (Lipinski definition) is 3. The number of aromatic nitrogens is 2. The molecule has 0 atom stereocenters. The summed E-state index contributed by atoms with van der Waals surface area (Å²) in [7, 11) is 0. The van der Waals surface area contributed by atoms with E-state index >= 15 is 0 Å². The molecule has 0 saturated carbocycles. The monoisotopic (exact) mass is 318 g/mol. The number of rotatable bonds is 2. The number of benzene rings is 1. The molecule has 0 aliphatic carbocycles. The van der Waals surface area contributed by atoms with Crippen molar-refractivity contribution in [3.63, 3.8) is 0 Å². The van der Waals surface area contributed by atoms with E-state index in [2.05, 4.69) is 25.6 Å². The van der Waals surface area contributed by atoms with Crippen LogP contribution in [0, 0.1) is 13.8 Å². The average Bonchev–Trinajstić information content (AvgIpc) is 2.36. The number of nitrogens with zero attached hydrogens (tertiary/aromatic N) is 2. The van der Waals surface area contributed by atoms with Gasteiger partial charge in [0.1, 0.15) is 0 Å². The van der Waals surface area contributed by atoms with Crippen molar-refractivity contribution in [2.45, 2.75) is 20.8 Å². The van der Waals surface area contributed by atoms with Crippen LogP contribution >= 0.6 is 11.6 Å². The van der Waals surface area contributed by atoms with E-state index < -0.39 is 0 Å². The minimum atomic E-state index is -0.221. The average molecular weight is 319 g/mol. The molecule has 1 amide bonds. The number of anilines is 1. The molecule has 0 fully saturated rings. The first kappa shape index (κ1) is 15.9. The van der Waals surface area contributed by atoms with Crippen molar-refractivity contribution < 1.29 is 9.79 Å². The van der Waals surface area contributed by atoms with E-state index in [0.29, 0.717) is 16.9 Å². The Hall–Kier alpha value is -2.47. The summed E-state index contributed by atoms with van der Waals surface area (Å²) < 4.78 is 0. The van der Waals surface area contributed by atoms with Crippen molar-refractivity contribution >= 4 is 35.1 Å². The zero-order chi connectivity index (χ0) is 16.1. The fourth-order valence-electron chi connectivity index (χ4n) is 1.87. The normalized spacial score (nSPS) is 11.2. The SMILES string of the molecule is CC(=O)N/C(Nc1cccc(Cl)c1)=[NH+]\c1nc(C)cc(C)n1. The largest absolute Gasteiger partial charge is 0.354 e. The maximum absolute atomic E-state index is 11.4. The van der Waals surface area contributed by atoms with Crippen molar-refractivity contribution in [1.82, 2.24) is 15.3 Å². The number of nitrogens with one attached hydrogen (secondary N) is 3. The van der Waals surface area contributed by atoms with Crippen LogP contribution in [0.15, 0.2) is 30.3 Å². The van der Waals surface area contributed by atoms with Crippen molar-refractivity contribution in [2.24, 2.45) is 0 Å². The number of carbonyl (C=O) groups excluding carboxylic acids is 1. The summed E-state index contributed by atoms with van der Waals surface area (Å²) in [5.74, 6) is 0.539. The number of amides is 1. The number of halogens is 1. The molecule has 1 aromatic heterocycles. The molecule has 0 saturated heterocycles. The lowest BCUT2D eigenvalue weighted by Crippen LogP contribution is -2.74. The molecule has 114 valence electrons. The Labute approximate surface area is 133 Å². The Balaban J connectivity index is 2.32. The second-order valence-electron chi connectivity index (χ2n) is 4.79. The van der Waals surface area contributed by atoms with Gasteiger partial charge in [-0.25, -0.2) is 10.3 Å². The summed E-state index contributed by atoms with van der Waals surface area (Å²) in [5.41, 5.74) is 2.40. The lowest BCUT2D eigenvalue weighted by molar-refractivity contribution is -0.366. The highest BCUT2D eigenvalue weighted by molar-refractivity contribution is 6.30. The zero-order valence-corrected chi connectivity index (χ0v) is 13.3. The topological polar surface area (TPSA) is 80.9 Å². The lowest BCUT2D eigenvalue weighted by Gasteiger charge is -2.06. The van der Waals surface area contributed by atoms with E-state index in [4.69, 9.17) is 11.6 Å². The maximum Gasteiger partial charge on any atom is 0.354 e. The molecule has 7 heteroatoms. The predicted molar refractivity (Wildman–Crippen MR) is 86.0 cm³/mol. The van der Waals surface area contributed by atoms with Gasteiger partial charge in [-0.05, 0) is 32.0 Å². The predicted octanol–water partition coefficient (Wildman–Crippen LogP) is 1.06. The van der Waals surface area contributed by atoms with Crippen molar-refractivity contribution in [3.8, 4) is 0 Å². The highest BCUT2D eigenvalue weighted by atomic mass is 35.5. The highest BCUT2D eigenvalue weighted by Gasteiger charge is 2.10. The lowest BCUT2D eigenvalue weighted by atomic mass is 10.3. The van der Waals surface area contributed by atoms with Crippen LogP contribution in [-0.2, 0) is 4.79 Å². The Bertz CT molecular complexity index is 709. The van der Waals surface area contributed by atoms with Crippen LogP contribution in [0.2, 0.25) is 5.02 Å². The molecule has 0 bridgehead atoms. The molecule has 0 aliphatic rings. The van der Waals surface area contributed by atoms with Gasteiger partial charge in [0.05, 0.1) is 17.1 Å². The Morgan fingerprint density at radius 2 is 1.86 bits per heavy atom. The van der Waals surface area contributed by atoms with Gasteiger partial charge in [0.2, 0.25) is 0 Å². The third kappa shape index (κ3) is 4.82. The second kappa shape index (κ2) is 7.00. The molecule has 2 rings (SSSR count). The Morgan fingerprint density at radius 3 is 2.45 bits per heavy atom. The van der Waals surface area contributed by atoms with Crippen molar-refractivity contribution in [3.05, 3.63) is 46.7 Å². The van der Waals surface area contributed by atoms with Gasteiger partial charge in [-0.15, -0.1) is 9.97 Å². The van der Waals surface area contributed by atoms with Gasteiger partial charge >= 0.3 is 5.95 Å². The molecule has 2 aromatic rings. The Morgan fingerprint density at radius 1 is 1.18 bits per heavy atom. The second-order valence-corrected chi connectivity index (χ2v) is 5.23. The van der Waals surface area contributed by atoms with E-state index in [9.17, 15) is 4.79 Å². The van der Waals surface area contributed by atoms with Gasteiger partial charge in [-0.1, -0.05) is 17.7 Å². The third-order valence-electron chi connectivity index (χ3n) is 2.61. The molecule has 3 N–H and O–H groups in total. The minimum Gasteiger partial charge on any atom is -0.277 e. The Kier molecular flexibility index (Phi) is 5.06. The van der Waals surface area contributed by atoms with Gasteiger partial charge in [0.15, 0.2) is 0 Å². The summed E-state index contributed by atoms with van der Waals surface area (Å²) in [6, 6.07) is 9.02. The summed E-state index contributed by atoms with van der Waals surface area (Å²) in [6.45, 7) is 5.17. The van der Waals surface area contributed by atoms with Crippen molar-refractivity contribution in [1.29, 1.82) is 0 Å². The van der Waals surface area contributed by atoms with Gasteiger partial charge < -0.3 is 0 Å². The molecule has 0 aliphatic heterocycles. The van der Waals surface area contributed by atoms with Crippen LogP contribution in [0.5, 0.6) is 0 Å². The smallest absolute Gasteiger partial charge is 0.277 e. The molecule has 1 heterocycles. The summed E-state index contributed by atoms with van der Waals surface area (Å²) >= 11 is 5.95. The van der Waals surface area contributed by atoms with Gasteiger partial charge in [-0.3, -0.25) is 10.1 Å². The molecule has 1 aromatic carbocycles. The first-order chi connectivity index (χ1) is 10.4. The summed E-state index contributed by atoms with van der Waals surface area (Å²) in [6.07, 6.45) is 0. The van der Waals surface area contributed by atoms with E-state index in [1.807, 2.05) is 32.0 Å². The molecule has 0 unspecified atom stereocenters. The first-order valence-electron chi connectivity index (χ1n) is 6.69. The van der Waals surface area contributed by atoms with Gasteiger partial charge in [0.25, 0.3) is 11.9 Å². The molecule has 22 heavy (non-hydrogen) atoms. The number of hydrogen-bond acceptors (Lipinski definition) is 3. The van der Waals surface area contributed by atoms with Crippen LogP contribution < -0.4 is 15.6 Å². The first-order valence-corrected chi connectivity index (χ1v) is 7.06. The highest BCUT2D eigenvalue weighted by Crippen LogP contribution is 2.14. The summed E-state index contributed by atoms with van der Waals surface area (Å²) in [5, 5.41) is 6.31. The van der Waals surface area contributed by atoms with Crippen LogP contribution in [-0.4, -0.2) is 21.8 Å². The van der Waals surface area contributed by atoms with Crippen LogP contribution in [0.1, 0.15) is 18.3 Å². The molecule has 0 radical (unpaired) electrons. The van der Waals surface area contributed by atoms with E-state index in [0.717, 1.165) is 17.1 Å². The molecular weight excluding hydrogens is 302 g/mol. The van der Waals surface area contributed by atoms with Gasteiger partial charge in [0, 0.05) is 18.0 Å². The fraction of sp³-hybridized carbons (Fsp3) is 0.200. The number of aryl methyl sites for hydroxylation is 2. The third-order valence-corrected chi connectivity index (χ3v) is 2.85. The molecule has 6 nitrogen and oxygen atoms in total. The van der Waals surface area contributed by atoms with Gasteiger partial charge in [-0.2, -0.15) is 0 Å². The minimum absolute atomic E-state index is 0.221. The molecular formula is C15H17ClN5O+.